The molecule has 1 fully saturated rings. The quantitative estimate of drug-likeness (QED) is 0.377. The first-order valence-electron chi connectivity index (χ1n) is 6.52. The molecular formula is C14H21N3O2. The van der Waals surface area contributed by atoms with Gasteiger partial charge in [0.15, 0.2) is 5.84 Å². The summed E-state index contributed by atoms with van der Waals surface area (Å²) in [5.74, 6) is 0.160. The smallest absolute Gasteiger partial charge is 0.172 e. The fourth-order valence-electron chi connectivity index (χ4n) is 2.65. The van der Waals surface area contributed by atoms with Crippen molar-refractivity contribution in [2.75, 3.05) is 25.1 Å². The third-order valence-corrected chi connectivity index (χ3v) is 3.71. The van der Waals surface area contributed by atoms with Gasteiger partial charge < -0.3 is 20.6 Å². The second-order valence-corrected chi connectivity index (χ2v) is 4.88. The molecule has 1 aliphatic heterocycles. The molecule has 0 bridgehead atoms. The monoisotopic (exact) mass is 263 g/mol. The number of para-hydroxylation sites is 1. The van der Waals surface area contributed by atoms with Gasteiger partial charge in [0, 0.05) is 25.8 Å². The highest BCUT2D eigenvalue weighted by Crippen LogP contribution is 2.28. The summed E-state index contributed by atoms with van der Waals surface area (Å²) in [7, 11) is 1.76. The number of anilines is 1. The van der Waals surface area contributed by atoms with Gasteiger partial charge in [0.05, 0.1) is 11.8 Å². The Bertz CT molecular complexity index is 466. The number of aryl methyl sites for hydroxylation is 1. The minimum Gasteiger partial charge on any atom is -0.409 e. The average Bonchev–Trinajstić information content (AvgIpc) is 2.46. The Morgan fingerprint density at radius 1 is 1.42 bits per heavy atom. The van der Waals surface area contributed by atoms with Crippen LogP contribution in [0, 0.1) is 6.92 Å². The minimum absolute atomic E-state index is 0.160. The number of hydrogen-bond donors (Lipinski definition) is 2. The van der Waals surface area contributed by atoms with E-state index in [1.165, 1.54) is 0 Å². The molecule has 0 amide bonds. The molecule has 19 heavy (non-hydrogen) atoms. The second kappa shape index (κ2) is 5.93. The highest BCUT2D eigenvalue weighted by Gasteiger charge is 2.22. The lowest BCUT2D eigenvalue weighted by atomic mass is 10.0. The van der Waals surface area contributed by atoms with E-state index in [-0.39, 0.29) is 5.84 Å². The van der Waals surface area contributed by atoms with Crippen LogP contribution in [-0.4, -0.2) is 37.3 Å². The zero-order chi connectivity index (χ0) is 13.8. The molecular weight excluding hydrogens is 242 g/mol. The molecule has 1 heterocycles. The zero-order valence-corrected chi connectivity index (χ0v) is 11.5. The second-order valence-electron chi connectivity index (χ2n) is 4.88. The summed E-state index contributed by atoms with van der Waals surface area (Å²) in [5, 5.41) is 12.0. The lowest BCUT2D eigenvalue weighted by Gasteiger charge is -2.35. The van der Waals surface area contributed by atoms with Crippen molar-refractivity contribution in [1.29, 1.82) is 0 Å². The number of amidine groups is 1. The molecule has 104 valence electrons. The number of oxime groups is 1. The van der Waals surface area contributed by atoms with Gasteiger partial charge in [-0.1, -0.05) is 17.3 Å². The molecule has 3 N–H and O–H groups in total. The third-order valence-electron chi connectivity index (χ3n) is 3.71. The van der Waals surface area contributed by atoms with E-state index in [0.717, 1.165) is 42.7 Å². The van der Waals surface area contributed by atoms with E-state index in [1.807, 2.05) is 25.1 Å². The number of ether oxygens (including phenoxy) is 1. The van der Waals surface area contributed by atoms with Crippen LogP contribution in [0.2, 0.25) is 0 Å². The predicted molar refractivity (Wildman–Crippen MR) is 75.9 cm³/mol. The van der Waals surface area contributed by atoms with Gasteiger partial charge in [0.25, 0.3) is 0 Å². The maximum absolute atomic E-state index is 8.91. The van der Waals surface area contributed by atoms with Crippen molar-refractivity contribution < 1.29 is 9.94 Å². The lowest BCUT2D eigenvalue weighted by molar-refractivity contribution is 0.0819. The Hall–Kier alpha value is -1.75. The summed E-state index contributed by atoms with van der Waals surface area (Å²) in [5.41, 5.74) is 8.76. The summed E-state index contributed by atoms with van der Waals surface area (Å²) in [6, 6.07) is 5.86. The van der Waals surface area contributed by atoms with E-state index < -0.39 is 0 Å². The average molecular weight is 263 g/mol. The van der Waals surface area contributed by atoms with Gasteiger partial charge in [0.2, 0.25) is 0 Å². The van der Waals surface area contributed by atoms with Crippen molar-refractivity contribution in [3.8, 4) is 0 Å². The van der Waals surface area contributed by atoms with Crippen molar-refractivity contribution in [3.63, 3.8) is 0 Å². The van der Waals surface area contributed by atoms with Crippen LogP contribution in [0.15, 0.2) is 23.4 Å². The van der Waals surface area contributed by atoms with Gasteiger partial charge in [-0.15, -0.1) is 0 Å². The van der Waals surface area contributed by atoms with Gasteiger partial charge in [0.1, 0.15) is 0 Å². The summed E-state index contributed by atoms with van der Waals surface area (Å²) in [4.78, 5) is 2.29. The Kier molecular flexibility index (Phi) is 4.27. The van der Waals surface area contributed by atoms with Gasteiger partial charge in [-0.05, 0) is 31.4 Å². The van der Waals surface area contributed by atoms with E-state index in [4.69, 9.17) is 15.7 Å². The highest BCUT2D eigenvalue weighted by atomic mass is 16.5. The molecule has 0 aliphatic carbocycles. The predicted octanol–water partition coefficient (Wildman–Crippen LogP) is 1.70. The van der Waals surface area contributed by atoms with E-state index >= 15 is 0 Å². The summed E-state index contributed by atoms with van der Waals surface area (Å²) in [6.07, 6.45) is 2.34. The normalized spacial score (nSPS) is 17.8. The largest absolute Gasteiger partial charge is 0.409 e. The van der Waals surface area contributed by atoms with Gasteiger partial charge >= 0.3 is 0 Å². The van der Waals surface area contributed by atoms with E-state index in [9.17, 15) is 0 Å². The molecule has 0 atom stereocenters. The fourth-order valence-corrected chi connectivity index (χ4v) is 2.65. The standard InChI is InChI=1S/C14H21N3O2/c1-10-4-3-5-12(14(15)16-18)13(10)17-8-6-11(19-2)7-9-17/h3-5,11,18H,6-9H2,1-2H3,(H2,15,16). The number of hydrogen-bond acceptors (Lipinski definition) is 4. The molecule has 1 saturated heterocycles. The van der Waals surface area contributed by atoms with Crippen LogP contribution < -0.4 is 10.6 Å². The first-order chi connectivity index (χ1) is 9.17. The van der Waals surface area contributed by atoms with Crippen molar-refractivity contribution in [2.24, 2.45) is 10.9 Å². The number of nitrogens with two attached hydrogens (primary N) is 1. The fraction of sp³-hybridized carbons (Fsp3) is 0.500. The Labute approximate surface area is 113 Å². The number of rotatable bonds is 3. The number of piperidine rings is 1. The van der Waals surface area contributed by atoms with E-state index in [2.05, 4.69) is 10.1 Å². The van der Waals surface area contributed by atoms with Crippen molar-refractivity contribution in [2.45, 2.75) is 25.9 Å². The molecule has 5 nitrogen and oxygen atoms in total. The van der Waals surface area contributed by atoms with Crippen LogP contribution in [0.3, 0.4) is 0 Å². The molecule has 1 aromatic rings. The van der Waals surface area contributed by atoms with E-state index in [1.54, 1.807) is 7.11 Å². The maximum atomic E-state index is 8.91. The Morgan fingerprint density at radius 3 is 2.68 bits per heavy atom. The minimum atomic E-state index is 0.160. The Morgan fingerprint density at radius 2 is 2.11 bits per heavy atom. The van der Waals surface area contributed by atoms with Gasteiger partial charge in [-0.3, -0.25) is 0 Å². The van der Waals surface area contributed by atoms with Crippen LogP contribution in [0.5, 0.6) is 0 Å². The molecule has 0 aromatic heterocycles. The maximum Gasteiger partial charge on any atom is 0.172 e. The highest BCUT2D eigenvalue weighted by molar-refractivity contribution is 6.02. The lowest BCUT2D eigenvalue weighted by Crippen LogP contribution is -2.38. The molecule has 0 saturated carbocycles. The van der Waals surface area contributed by atoms with Gasteiger partial charge in [-0.2, -0.15) is 0 Å². The summed E-state index contributed by atoms with van der Waals surface area (Å²) < 4.78 is 5.39. The van der Waals surface area contributed by atoms with Gasteiger partial charge in [-0.25, -0.2) is 0 Å². The summed E-state index contributed by atoms with van der Waals surface area (Å²) in [6.45, 7) is 3.90. The third kappa shape index (κ3) is 2.81. The molecule has 0 unspecified atom stereocenters. The van der Waals surface area contributed by atoms with Crippen LogP contribution in [0.4, 0.5) is 5.69 Å². The van der Waals surface area contributed by atoms with Crippen LogP contribution in [0.25, 0.3) is 0 Å². The molecule has 1 aliphatic rings. The van der Waals surface area contributed by atoms with E-state index in [0.29, 0.717) is 6.10 Å². The molecule has 5 heteroatoms. The Balaban J connectivity index is 2.29. The van der Waals surface area contributed by atoms with Crippen LogP contribution in [0.1, 0.15) is 24.0 Å². The number of methoxy groups -OCH3 is 1. The van der Waals surface area contributed by atoms with Crippen molar-refractivity contribution >= 4 is 11.5 Å². The molecule has 0 radical (unpaired) electrons. The molecule has 2 rings (SSSR count). The first kappa shape index (κ1) is 13.7. The number of benzene rings is 1. The SMILES string of the molecule is COC1CCN(c2c(C)cccc2/C(N)=N/O)CC1. The summed E-state index contributed by atoms with van der Waals surface area (Å²) >= 11 is 0. The molecule has 1 aromatic carbocycles. The topological polar surface area (TPSA) is 71.1 Å². The van der Waals surface area contributed by atoms with Crippen LogP contribution >= 0.6 is 0 Å². The first-order valence-corrected chi connectivity index (χ1v) is 6.52. The molecule has 0 spiro atoms. The number of nitrogens with zero attached hydrogens (tertiary/aromatic N) is 2. The zero-order valence-electron chi connectivity index (χ0n) is 11.5. The van der Waals surface area contributed by atoms with Crippen molar-refractivity contribution in [1.82, 2.24) is 0 Å². The van der Waals surface area contributed by atoms with Crippen molar-refractivity contribution in [3.05, 3.63) is 29.3 Å². The van der Waals surface area contributed by atoms with Crippen LogP contribution in [-0.2, 0) is 4.74 Å².